The van der Waals surface area contributed by atoms with Gasteiger partial charge in [0.2, 0.25) is 0 Å². The molecule has 0 saturated carbocycles. The van der Waals surface area contributed by atoms with Crippen LogP contribution >= 0.6 is 0 Å². The topological polar surface area (TPSA) is 46.9 Å². The van der Waals surface area contributed by atoms with E-state index in [4.69, 9.17) is 9.41 Å². The van der Waals surface area contributed by atoms with Crippen LogP contribution in [0.2, 0.25) is 0 Å². The van der Waals surface area contributed by atoms with Crippen LogP contribution in [0.15, 0.2) is 191 Å². The molecule has 13 rings (SSSR count). The normalized spacial score (nSPS) is 14.4. The van der Waals surface area contributed by atoms with Crippen LogP contribution in [0.5, 0.6) is 0 Å². The number of aromatic nitrogens is 2. The van der Waals surface area contributed by atoms with E-state index >= 15 is 0 Å². The van der Waals surface area contributed by atoms with Crippen molar-refractivity contribution in [1.82, 2.24) is 14.3 Å². The molecule has 0 fully saturated rings. The fourth-order valence-corrected chi connectivity index (χ4v) is 9.56. The van der Waals surface area contributed by atoms with Crippen molar-refractivity contribution in [2.45, 2.75) is 6.17 Å². The summed E-state index contributed by atoms with van der Waals surface area (Å²) in [7, 11) is 0. The second-order valence-corrected chi connectivity index (χ2v) is 15.1. The molecule has 266 valence electrons. The molecule has 1 aliphatic rings. The minimum atomic E-state index is -0.319. The van der Waals surface area contributed by atoms with Crippen molar-refractivity contribution < 1.29 is 4.42 Å². The van der Waals surface area contributed by atoms with Crippen molar-refractivity contribution in [1.29, 1.82) is 0 Å². The predicted molar refractivity (Wildman–Crippen MR) is 233 cm³/mol. The van der Waals surface area contributed by atoms with Gasteiger partial charge in [-0.15, -0.1) is 0 Å². The first-order chi connectivity index (χ1) is 28.3. The number of fused-ring (bicyclic) bond motifs is 13. The molecule has 1 N–H and O–H groups in total. The third-order valence-electron chi connectivity index (χ3n) is 12.1. The molecule has 0 radical (unpaired) electrons. The number of nitrogens with one attached hydrogen (secondary N) is 1. The van der Waals surface area contributed by atoms with E-state index < -0.39 is 0 Å². The molecular formula is C52H32N4O. The van der Waals surface area contributed by atoms with Crippen LogP contribution in [-0.4, -0.2) is 8.97 Å². The maximum atomic E-state index is 6.81. The maximum absolute atomic E-state index is 6.81. The van der Waals surface area contributed by atoms with Crippen molar-refractivity contribution in [2.24, 2.45) is 4.99 Å². The predicted octanol–water partition coefficient (Wildman–Crippen LogP) is 11.6. The van der Waals surface area contributed by atoms with Gasteiger partial charge in [-0.05, 0) is 76.3 Å². The summed E-state index contributed by atoms with van der Waals surface area (Å²) >= 11 is 0. The molecule has 1 atom stereocenters. The van der Waals surface area contributed by atoms with Gasteiger partial charge >= 0.3 is 0 Å². The summed E-state index contributed by atoms with van der Waals surface area (Å²) in [5.74, 6) is 0.879. The Morgan fingerprint density at radius 1 is 0.456 bits per heavy atom. The fourth-order valence-electron chi connectivity index (χ4n) is 9.56. The molecule has 5 heteroatoms. The van der Waals surface area contributed by atoms with Gasteiger partial charge in [-0.1, -0.05) is 133 Å². The minimum Gasteiger partial charge on any atom is -0.451 e. The zero-order valence-corrected chi connectivity index (χ0v) is 30.6. The average molecular weight is 729 g/mol. The molecule has 1 aliphatic heterocycles. The Morgan fingerprint density at radius 3 is 1.82 bits per heavy atom. The summed E-state index contributed by atoms with van der Waals surface area (Å²) < 4.78 is 11.7. The highest BCUT2D eigenvalue weighted by atomic mass is 16.3. The molecule has 0 amide bonds. The molecule has 0 saturated heterocycles. The van der Waals surface area contributed by atoms with Crippen molar-refractivity contribution in [3.63, 3.8) is 0 Å². The Bertz CT molecular complexity index is 3710. The Balaban J connectivity index is 1.23. The van der Waals surface area contributed by atoms with Crippen molar-refractivity contribution in [3.05, 3.63) is 198 Å². The third-order valence-corrected chi connectivity index (χ3v) is 12.1. The van der Waals surface area contributed by atoms with Crippen LogP contribution in [-0.2, 0) is 0 Å². The Kier molecular flexibility index (Phi) is 6.16. The molecule has 4 aromatic heterocycles. The van der Waals surface area contributed by atoms with Gasteiger partial charge in [0, 0.05) is 37.7 Å². The van der Waals surface area contributed by atoms with Crippen LogP contribution in [0, 0.1) is 0 Å². The number of nitrogens with zero attached hydrogens (tertiary/aromatic N) is 3. The second-order valence-electron chi connectivity index (χ2n) is 15.1. The van der Waals surface area contributed by atoms with Crippen LogP contribution in [0.25, 0.3) is 98.9 Å². The first kappa shape index (κ1) is 30.7. The van der Waals surface area contributed by atoms with E-state index in [1.807, 2.05) is 12.1 Å². The lowest BCUT2D eigenvalue weighted by Crippen LogP contribution is -2.40. The van der Waals surface area contributed by atoms with Crippen LogP contribution in [0.1, 0.15) is 11.7 Å². The molecular weight excluding hydrogens is 697 g/mol. The number of para-hydroxylation sites is 2. The summed E-state index contributed by atoms with van der Waals surface area (Å²) in [6.07, 6.45) is -0.319. The van der Waals surface area contributed by atoms with E-state index in [0.29, 0.717) is 0 Å². The molecule has 57 heavy (non-hydrogen) atoms. The number of furan rings is 1. The van der Waals surface area contributed by atoms with Gasteiger partial charge < -0.3 is 14.1 Å². The monoisotopic (exact) mass is 728 g/mol. The quantitative estimate of drug-likeness (QED) is 0.196. The Hall–Kier alpha value is -7.63. The SMILES string of the molecule is c1ccc(-c2ccc3c(c2)c2c4c5ccccc5n5c6ccc(-c7ccccc7)cc6c(cc2n3C2=c3oc6ccccc6c3=NC(c3ccccc3)N2)c45)cc1. The first-order valence-corrected chi connectivity index (χ1v) is 19.5. The smallest absolute Gasteiger partial charge is 0.194 e. The number of hydrogen-bond donors (Lipinski definition) is 1. The second kappa shape index (κ2) is 11.4. The lowest BCUT2D eigenvalue weighted by Gasteiger charge is -2.22. The van der Waals surface area contributed by atoms with E-state index in [1.165, 1.54) is 71.1 Å². The van der Waals surface area contributed by atoms with E-state index in [0.717, 1.165) is 44.2 Å². The third kappa shape index (κ3) is 4.25. The first-order valence-electron chi connectivity index (χ1n) is 19.5. The zero-order valence-electron chi connectivity index (χ0n) is 30.6. The molecule has 12 aromatic rings. The molecule has 1 unspecified atom stereocenters. The van der Waals surface area contributed by atoms with Crippen LogP contribution in [0.4, 0.5) is 0 Å². The fraction of sp³-hybridized carbons (Fsp3) is 0.0192. The molecule has 5 nitrogen and oxygen atoms in total. The van der Waals surface area contributed by atoms with E-state index in [1.54, 1.807) is 0 Å². The molecule has 5 heterocycles. The van der Waals surface area contributed by atoms with E-state index in [2.05, 4.69) is 184 Å². The number of hydrogen-bond acceptors (Lipinski definition) is 3. The highest BCUT2D eigenvalue weighted by Gasteiger charge is 2.28. The van der Waals surface area contributed by atoms with Crippen LogP contribution < -0.4 is 16.1 Å². The Labute approximate surface area is 326 Å². The largest absolute Gasteiger partial charge is 0.451 e. The average Bonchev–Trinajstić information content (AvgIpc) is 4.02. The summed E-state index contributed by atoms with van der Waals surface area (Å²) in [6.45, 7) is 0. The van der Waals surface area contributed by atoms with Gasteiger partial charge in [-0.25, -0.2) is 0 Å². The standard InChI is InChI=1S/C52H32N4O/c1-4-14-31(15-5-1)34-24-26-42-38(28-34)39-30-44-46(47-36-20-10-12-22-41(36)55(42)49(39)47)40-29-35(32-16-6-2-7-17-32)25-27-43(40)56(44)52-50-48(37-21-11-13-23-45(37)57-50)53-51(54-52)33-18-8-3-9-19-33/h1-30,51,54H. The summed E-state index contributed by atoms with van der Waals surface area (Å²) in [4.78, 5) is 5.33. The van der Waals surface area contributed by atoms with Crippen LogP contribution in [0.3, 0.4) is 0 Å². The molecule has 8 aromatic carbocycles. The van der Waals surface area contributed by atoms with E-state index in [9.17, 15) is 0 Å². The lowest BCUT2D eigenvalue weighted by molar-refractivity contribution is 0.525. The zero-order chi connectivity index (χ0) is 37.2. The number of rotatable bonds is 4. The number of benzene rings is 8. The van der Waals surface area contributed by atoms with Gasteiger partial charge in [0.05, 0.1) is 27.6 Å². The maximum Gasteiger partial charge on any atom is 0.194 e. The van der Waals surface area contributed by atoms with Gasteiger partial charge in [0.25, 0.3) is 0 Å². The van der Waals surface area contributed by atoms with Gasteiger partial charge in [0.1, 0.15) is 17.1 Å². The summed E-state index contributed by atoms with van der Waals surface area (Å²) in [5, 5.41) is 13.1. The summed E-state index contributed by atoms with van der Waals surface area (Å²) in [5.41, 5.74) is 13.3. The highest BCUT2D eigenvalue weighted by molar-refractivity contribution is 6.36. The van der Waals surface area contributed by atoms with E-state index in [-0.39, 0.29) is 6.17 Å². The van der Waals surface area contributed by atoms with Gasteiger partial charge in [-0.3, -0.25) is 9.56 Å². The van der Waals surface area contributed by atoms with Crippen molar-refractivity contribution >= 4 is 76.7 Å². The van der Waals surface area contributed by atoms with Gasteiger partial charge in [-0.2, -0.15) is 0 Å². The molecule has 0 bridgehead atoms. The minimum absolute atomic E-state index is 0.319. The van der Waals surface area contributed by atoms with Gasteiger partial charge in [0.15, 0.2) is 11.2 Å². The van der Waals surface area contributed by atoms with Crippen molar-refractivity contribution in [3.8, 4) is 22.3 Å². The summed E-state index contributed by atoms with van der Waals surface area (Å²) in [6, 6.07) is 65.3. The molecule has 0 aliphatic carbocycles. The highest BCUT2D eigenvalue weighted by Crippen LogP contribution is 2.47. The molecule has 0 spiro atoms. The Morgan fingerprint density at radius 2 is 1.07 bits per heavy atom. The lowest BCUT2D eigenvalue weighted by atomic mass is 9.98. The van der Waals surface area contributed by atoms with Crippen molar-refractivity contribution in [2.75, 3.05) is 0 Å².